The fourth-order valence-corrected chi connectivity index (χ4v) is 3.42. The maximum absolute atomic E-state index is 12.3. The second kappa shape index (κ2) is 6.10. The predicted molar refractivity (Wildman–Crippen MR) is 99.5 cm³/mol. The van der Waals surface area contributed by atoms with Crippen molar-refractivity contribution in [2.24, 2.45) is 0 Å². The Balaban J connectivity index is 1.60. The molecule has 0 atom stereocenters. The van der Waals surface area contributed by atoms with Gasteiger partial charge in [-0.05, 0) is 52.4 Å². The average molecular weight is 331 g/mol. The number of hydrogen-bond donors (Lipinski definition) is 0. The molecule has 1 nitrogen and oxygen atoms in total. The van der Waals surface area contributed by atoms with Gasteiger partial charge in [-0.15, -0.1) is 0 Å². The fourth-order valence-electron chi connectivity index (χ4n) is 3.19. The minimum atomic E-state index is -0.0793. The Labute approximate surface area is 146 Å². The fraction of sp³-hybridized carbons (Fsp3) is 0.0455. The Kier molecular flexibility index (Phi) is 3.79. The monoisotopic (exact) mass is 330 g/mol. The van der Waals surface area contributed by atoms with Crippen LogP contribution in [0.25, 0.3) is 17.2 Å². The van der Waals surface area contributed by atoms with Gasteiger partial charge in [0.2, 0.25) is 0 Å². The van der Waals surface area contributed by atoms with Gasteiger partial charge in [-0.25, -0.2) is 0 Å². The molecule has 0 N–H and O–H groups in total. The molecule has 0 heterocycles. The van der Waals surface area contributed by atoms with E-state index in [1.165, 1.54) is 22.3 Å². The summed E-state index contributed by atoms with van der Waals surface area (Å²) in [6.45, 7) is 0. The third-order valence-corrected chi connectivity index (χ3v) is 4.71. The van der Waals surface area contributed by atoms with Gasteiger partial charge in [0.25, 0.3) is 0 Å². The number of ketones is 1. The smallest absolute Gasteiger partial charge is 0.187 e. The van der Waals surface area contributed by atoms with Gasteiger partial charge in [0.15, 0.2) is 5.78 Å². The van der Waals surface area contributed by atoms with Crippen LogP contribution in [0.1, 0.15) is 27.0 Å². The number of carbonyl (C=O) groups is 1. The van der Waals surface area contributed by atoms with Gasteiger partial charge in [0, 0.05) is 5.56 Å². The highest BCUT2D eigenvalue weighted by molar-refractivity contribution is 6.34. The van der Waals surface area contributed by atoms with Crippen molar-refractivity contribution in [3.63, 3.8) is 0 Å². The summed E-state index contributed by atoms with van der Waals surface area (Å²) in [5, 5.41) is 0.483. The quantitative estimate of drug-likeness (QED) is 0.342. The van der Waals surface area contributed by atoms with E-state index in [9.17, 15) is 4.79 Å². The zero-order chi connectivity index (χ0) is 16.5. The lowest BCUT2D eigenvalue weighted by molar-refractivity contribution is 0.104. The first kappa shape index (κ1) is 14.9. The standard InChI is InChI=1S/C22H15ClO/c23-21-8-4-3-7-20(21)22(24)12-10-15-9-11-19-17(13-15)14-16-5-1-2-6-18(16)19/h1-13H,14H2. The molecule has 0 bridgehead atoms. The zero-order valence-electron chi connectivity index (χ0n) is 13.0. The topological polar surface area (TPSA) is 17.1 Å². The van der Waals surface area contributed by atoms with Gasteiger partial charge in [-0.3, -0.25) is 4.79 Å². The molecule has 0 amide bonds. The van der Waals surface area contributed by atoms with Gasteiger partial charge in [-0.1, -0.05) is 72.3 Å². The van der Waals surface area contributed by atoms with E-state index in [2.05, 4.69) is 42.5 Å². The number of fused-ring (bicyclic) bond motifs is 3. The molecule has 3 aromatic carbocycles. The molecule has 24 heavy (non-hydrogen) atoms. The van der Waals surface area contributed by atoms with E-state index in [0.717, 1.165) is 12.0 Å². The van der Waals surface area contributed by atoms with Crippen molar-refractivity contribution in [3.05, 3.63) is 100 Å². The van der Waals surface area contributed by atoms with E-state index in [4.69, 9.17) is 11.6 Å². The number of allylic oxidation sites excluding steroid dienone is 1. The zero-order valence-corrected chi connectivity index (χ0v) is 13.8. The molecule has 0 aliphatic heterocycles. The summed E-state index contributed by atoms with van der Waals surface area (Å²) in [6.07, 6.45) is 4.39. The van der Waals surface area contributed by atoms with Crippen LogP contribution in [-0.2, 0) is 6.42 Å². The van der Waals surface area contributed by atoms with Crippen LogP contribution in [0.5, 0.6) is 0 Å². The van der Waals surface area contributed by atoms with E-state index < -0.39 is 0 Å². The maximum atomic E-state index is 12.3. The van der Waals surface area contributed by atoms with Crippen molar-refractivity contribution in [1.29, 1.82) is 0 Å². The molecule has 0 saturated carbocycles. The Hall–Kier alpha value is -2.64. The number of carbonyl (C=O) groups excluding carboxylic acids is 1. The molecular formula is C22H15ClO. The molecule has 0 fully saturated rings. The van der Waals surface area contributed by atoms with Crippen LogP contribution < -0.4 is 0 Å². The Bertz CT molecular complexity index is 969. The summed E-state index contributed by atoms with van der Waals surface area (Å²) >= 11 is 6.07. The molecule has 0 unspecified atom stereocenters. The van der Waals surface area contributed by atoms with Crippen molar-refractivity contribution < 1.29 is 4.79 Å². The van der Waals surface area contributed by atoms with E-state index in [1.54, 1.807) is 18.2 Å². The lowest BCUT2D eigenvalue weighted by atomic mass is 10.0. The molecule has 1 aliphatic carbocycles. The summed E-state index contributed by atoms with van der Waals surface area (Å²) in [7, 11) is 0. The predicted octanol–water partition coefficient (Wildman–Crippen LogP) is 5.81. The van der Waals surface area contributed by atoms with Crippen LogP contribution in [0.15, 0.2) is 72.8 Å². The minimum absolute atomic E-state index is 0.0793. The van der Waals surface area contributed by atoms with Crippen LogP contribution in [0.4, 0.5) is 0 Å². The van der Waals surface area contributed by atoms with Crippen LogP contribution in [0, 0.1) is 0 Å². The number of rotatable bonds is 3. The summed E-state index contributed by atoms with van der Waals surface area (Å²) in [6, 6.07) is 22.0. The van der Waals surface area contributed by atoms with Crippen LogP contribution in [0.3, 0.4) is 0 Å². The highest BCUT2D eigenvalue weighted by Gasteiger charge is 2.17. The number of benzene rings is 3. The molecule has 2 heteroatoms. The Morgan fingerprint density at radius 2 is 1.62 bits per heavy atom. The summed E-state index contributed by atoms with van der Waals surface area (Å²) in [5.74, 6) is -0.0793. The number of halogens is 1. The first-order chi connectivity index (χ1) is 11.7. The third kappa shape index (κ3) is 2.68. The van der Waals surface area contributed by atoms with E-state index in [0.29, 0.717) is 10.6 Å². The van der Waals surface area contributed by atoms with Crippen LogP contribution in [0.2, 0.25) is 5.02 Å². The summed E-state index contributed by atoms with van der Waals surface area (Å²) < 4.78 is 0. The Morgan fingerprint density at radius 3 is 2.50 bits per heavy atom. The van der Waals surface area contributed by atoms with Crippen molar-refractivity contribution in [1.82, 2.24) is 0 Å². The number of hydrogen-bond acceptors (Lipinski definition) is 1. The van der Waals surface area contributed by atoms with Gasteiger partial charge in [-0.2, -0.15) is 0 Å². The van der Waals surface area contributed by atoms with Crippen molar-refractivity contribution in [2.75, 3.05) is 0 Å². The van der Waals surface area contributed by atoms with Gasteiger partial charge >= 0.3 is 0 Å². The van der Waals surface area contributed by atoms with Gasteiger partial charge < -0.3 is 0 Å². The van der Waals surface area contributed by atoms with Crippen LogP contribution >= 0.6 is 11.6 Å². The molecule has 116 valence electrons. The largest absolute Gasteiger partial charge is 0.289 e. The van der Waals surface area contributed by atoms with E-state index in [1.807, 2.05) is 18.2 Å². The second-order valence-electron chi connectivity index (χ2n) is 5.93. The molecular weight excluding hydrogens is 316 g/mol. The first-order valence-electron chi connectivity index (χ1n) is 7.90. The van der Waals surface area contributed by atoms with E-state index >= 15 is 0 Å². The molecule has 0 aromatic heterocycles. The normalized spacial score (nSPS) is 12.2. The second-order valence-corrected chi connectivity index (χ2v) is 6.34. The lowest BCUT2D eigenvalue weighted by Gasteiger charge is -2.02. The minimum Gasteiger partial charge on any atom is -0.289 e. The highest BCUT2D eigenvalue weighted by Crippen LogP contribution is 2.36. The lowest BCUT2D eigenvalue weighted by Crippen LogP contribution is -1.94. The third-order valence-electron chi connectivity index (χ3n) is 4.38. The van der Waals surface area contributed by atoms with Crippen molar-refractivity contribution in [2.45, 2.75) is 6.42 Å². The first-order valence-corrected chi connectivity index (χ1v) is 8.28. The van der Waals surface area contributed by atoms with Gasteiger partial charge in [0.05, 0.1) is 5.02 Å². The molecule has 3 aromatic rings. The SMILES string of the molecule is O=C(C=Cc1ccc2c(c1)Cc1ccccc1-2)c1ccccc1Cl. The molecule has 4 rings (SSSR count). The highest BCUT2D eigenvalue weighted by atomic mass is 35.5. The van der Waals surface area contributed by atoms with E-state index in [-0.39, 0.29) is 5.78 Å². The van der Waals surface area contributed by atoms with Crippen molar-refractivity contribution >= 4 is 23.5 Å². The van der Waals surface area contributed by atoms with Gasteiger partial charge in [0.1, 0.15) is 0 Å². The van der Waals surface area contributed by atoms with Crippen molar-refractivity contribution in [3.8, 4) is 11.1 Å². The molecule has 0 saturated heterocycles. The summed E-state index contributed by atoms with van der Waals surface area (Å²) in [5.41, 5.74) is 6.84. The molecule has 1 aliphatic rings. The average Bonchev–Trinajstić information content (AvgIpc) is 2.98. The molecule has 0 radical (unpaired) electrons. The van der Waals surface area contributed by atoms with Crippen LogP contribution in [-0.4, -0.2) is 5.78 Å². The summed E-state index contributed by atoms with van der Waals surface area (Å²) in [4.78, 5) is 12.3. The molecule has 0 spiro atoms. The maximum Gasteiger partial charge on any atom is 0.187 e. The Morgan fingerprint density at radius 1 is 0.875 bits per heavy atom.